The topological polar surface area (TPSA) is 68.3 Å². The minimum Gasteiger partial charge on any atom is -0.452 e. The Bertz CT molecular complexity index is 1050. The number of thiophene rings is 1. The number of benzene rings is 1. The Hall–Kier alpha value is -2.73. The number of nitrogens with one attached hydrogen (secondary N) is 1. The number of nitrogens with zero attached hydrogens (tertiary/aromatic N) is 1. The van der Waals surface area contributed by atoms with E-state index in [2.05, 4.69) is 24.1 Å². The Morgan fingerprint density at radius 2 is 2.00 bits per heavy atom. The first-order valence-corrected chi connectivity index (χ1v) is 11.3. The molecule has 156 valence electrons. The molecule has 30 heavy (non-hydrogen) atoms. The molecule has 1 aromatic carbocycles. The second-order valence-electron chi connectivity index (χ2n) is 8.07. The average Bonchev–Trinajstić information content (AvgIpc) is 3.29. The van der Waals surface area contributed by atoms with Gasteiger partial charge in [0.25, 0.3) is 5.91 Å². The zero-order valence-corrected chi connectivity index (χ0v) is 18.1. The number of carbonyl (C=O) groups is 2. The Morgan fingerprint density at radius 1 is 1.17 bits per heavy atom. The molecule has 0 radical (unpaired) electrons. The molecule has 0 aliphatic heterocycles. The molecule has 1 aliphatic carbocycles. The zero-order chi connectivity index (χ0) is 21.1. The number of pyridine rings is 1. The van der Waals surface area contributed by atoms with Crippen molar-refractivity contribution < 1.29 is 14.3 Å². The fourth-order valence-electron chi connectivity index (χ4n) is 4.14. The molecule has 2 aromatic heterocycles. The van der Waals surface area contributed by atoms with Crippen LogP contribution in [0.4, 0.5) is 0 Å². The van der Waals surface area contributed by atoms with Crippen molar-refractivity contribution in [3.63, 3.8) is 0 Å². The lowest BCUT2D eigenvalue weighted by molar-refractivity contribution is -0.125. The number of aromatic nitrogens is 1. The number of hydrogen-bond donors (Lipinski definition) is 1. The van der Waals surface area contributed by atoms with Crippen molar-refractivity contribution in [3.8, 4) is 10.6 Å². The van der Waals surface area contributed by atoms with Crippen LogP contribution < -0.4 is 5.32 Å². The van der Waals surface area contributed by atoms with Gasteiger partial charge in [0.05, 0.1) is 21.7 Å². The standard InChI is InChI=1S/C24H26N2O3S/c1-15-7-5-10-19(16(15)2)26-23(27)14-29-24(28)18-13-21(22-11-6-12-30-22)25-20-9-4-3-8-17(18)20/h3-4,6,8-9,11-13,15-16,19H,5,7,10,14H2,1-2H3,(H,26,27)/t15-,16+,19+/m0/s1. The summed E-state index contributed by atoms with van der Waals surface area (Å²) in [5.41, 5.74) is 1.88. The van der Waals surface area contributed by atoms with Crippen molar-refractivity contribution in [2.75, 3.05) is 6.61 Å². The third-order valence-electron chi connectivity index (χ3n) is 6.10. The molecule has 3 atom stereocenters. The highest BCUT2D eigenvalue weighted by Crippen LogP contribution is 2.30. The number of amides is 1. The molecule has 1 aliphatic rings. The fourth-order valence-corrected chi connectivity index (χ4v) is 4.82. The summed E-state index contributed by atoms with van der Waals surface area (Å²) in [5, 5.41) is 5.74. The first kappa shape index (κ1) is 20.5. The SMILES string of the molecule is C[C@@H]1[C@@H](C)CCC[C@H]1NC(=O)COC(=O)c1cc(-c2cccs2)nc2ccccc12. The molecule has 2 heterocycles. The Balaban J connectivity index is 1.48. The Kier molecular flexibility index (Phi) is 6.13. The van der Waals surface area contributed by atoms with Crippen LogP contribution >= 0.6 is 11.3 Å². The molecule has 0 unspecified atom stereocenters. The first-order valence-electron chi connectivity index (χ1n) is 10.4. The van der Waals surface area contributed by atoms with Gasteiger partial charge < -0.3 is 10.1 Å². The molecule has 1 saturated carbocycles. The van der Waals surface area contributed by atoms with E-state index in [4.69, 9.17) is 4.74 Å². The van der Waals surface area contributed by atoms with Gasteiger partial charge in [0.15, 0.2) is 6.61 Å². The van der Waals surface area contributed by atoms with Crippen LogP contribution in [0.15, 0.2) is 47.8 Å². The van der Waals surface area contributed by atoms with Crippen LogP contribution in [0.5, 0.6) is 0 Å². The summed E-state index contributed by atoms with van der Waals surface area (Å²) in [5.74, 6) is 0.263. The van der Waals surface area contributed by atoms with E-state index in [1.54, 1.807) is 17.4 Å². The second-order valence-corrected chi connectivity index (χ2v) is 9.01. The fraction of sp³-hybridized carbons (Fsp3) is 0.375. The van der Waals surface area contributed by atoms with E-state index in [-0.39, 0.29) is 18.6 Å². The smallest absolute Gasteiger partial charge is 0.339 e. The van der Waals surface area contributed by atoms with Crippen LogP contribution in [0.2, 0.25) is 0 Å². The van der Waals surface area contributed by atoms with Gasteiger partial charge in [0.2, 0.25) is 0 Å². The van der Waals surface area contributed by atoms with Gasteiger partial charge in [-0.05, 0) is 41.8 Å². The number of para-hydroxylation sites is 1. The normalized spacial score (nSPS) is 21.3. The molecule has 0 bridgehead atoms. The Morgan fingerprint density at radius 3 is 2.80 bits per heavy atom. The van der Waals surface area contributed by atoms with Crippen LogP contribution in [-0.4, -0.2) is 29.5 Å². The first-order chi connectivity index (χ1) is 14.5. The second kappa shape index (κ2) is 8.96. The van der Waals surface area contributed by atoms with Crippen LogP contribution in [0, 0.1) is 11.8 Å². The predicted octanol–water partition coefficient (Wildman–Crippen LogP) is 5.06. The number of rotatable bonds is 5. The highest BCUT2D eigenvalue weighted by atomic mass is 32.1. The summed E-state index contributed by atoms with van der Waals surface area (Å²) in [7, 11) is 0. The maximum absolute atomic E-state index is 12.9. The van der Waals surface area contributed by atoms with E-state index in [0.29, 0.717) is 17.4 Å². The molecule has 0 saturated heterocycles. The van der Waals surface area contributed by atoms with Gasteiger partial charge in [0, 0.05) is 11.4 Å². The van der Waals surface area contributed by atoms with Crippen LogP contribution in [0.25, 0.3) is 21.5 Å². The largest absolute Gasteiger partial charge is 0.452 e. The van der Waals surface area contributed by atoms with Crippen molar-refractivity contribution in [2.24, 2.45) is 11.8 Å². The van der Waals surface area contributed by atoms with Gasteiger partial charge in [0.1, 0.15) is 0 Å². The average molecular weight is 423 g/mol. The molecular weight excluding hydrogens is 396 g/mol. The van der Waals surface area contributed by atoms with Crippen molar-refractivity contribution in [1.82, 2.24) is 10.3 Å². The van der Waals surface area contributed by atoms with Gasteiger partial charge in [-0.2, -0.15) is 0 Å². The van der Waals surface area contributed by atoms with Crippen LogP contribution in [0.3, 0.4) is 0 Å². The minimum absolute atomic E-state index is 0.145. The number of esters is 1. The van der Waals surface area contributed by atoms with Crippen molar-refractivity contribution in [1.29, 1.82) is 0 Å². The van der Waals surface area contributed by atoms with Gasteiger partial charge in [-0.15, -0.1) is 11.3 Å². The number of hydrogen-bond acceptors (Lipinski definition) is 5. The minimum atomic E-state index is -0.508. The van der Waals surface area contributed by atoms with Gasteiger partial charge in [-0.1, -0.05) is 51.0 Å². The summed E-state index contributed by atoms with van der Waals surface area (Å²) in [6.45, 7) is 4.13. The molecule has 4 rings (SSSR count). The lowest BCUT2D eigenvalue weighted by atomic mass is 9.78. The molecular formula is C24H26N2O3S. The van der Waals surface area contributed by atoms with E-state index in [1.807, 2.05) is 41.8 Å². The molecule has 1 fully saturated rings. The van der Waals surface area contributed by atoms with E-state index in [1.165, 1.54) is 6.42 Å². The maximum atomic E-state index is 12.9. The van der Waals surface area contributed by atoms with E-state index in [9.17, 15) is 9.59 Å². The van der Waals surface area contributed by atoms with E-state index in [0.717, 1.165) is 34.3 Å². The highest BCUT2D eigenvalue weighted by molar-refractivity contribution is 7.13. The van der Waals surface area contributed by atoms with Gasteiger partial charge in [-0.25, -0.2) is 9.78 Å². The van der Waals surface area contributed by atoms with Crippen LogP contribution in [-0.2, 0) is 9.53 Å². The molecule has 5 nitrogen and oxygen atoms in total. The lowest BCUT2D eigenvalue weighted by Crippen LogP contribution is -2.45. The molecule has 0 spiro atoms. The highest BCUT2D eigenvalue weighted by Gasteiger charge is 2.28. The number of carbonyl (C=O) groups excluding carboxylic acids is 2. The molecule has 3 aromatic rings. The summed E-state index contributed by atoms with van der Waals surface area (Å²) >= 11 is 1.56. The molecule has 6 heteroatoms. The van der Waals surface area contributed by atoms with Crippen molar-refractivity contribution in [3.05, 3.63) is 53.4 Å². The summed E-state index contributed by atoms with van der Waals surface area (Å²) in [6, 6.07) is 13.3. The van der Waals surface area contributed by atoms with Gasteiger partial charge in [-0.3, -0.25) is 4.79 Å². The number of ether oxygens (including phenoxy) is 1. The lowest BCUT2D eigenvalue weighted by Gasteiger charge is -2.34. The monoisotopic (exact) mass is 422 g/mol. The third kappa shape index (κ3) is 4.38. The third-order valence-corrected chi connectivity index (χ3v) is 6.99. The quantitative estimate of drug-likeness (QED) is 0.584. The van der Waals surface area contributed by atoms with Gasteiger partial charge >= 0.3 is 5.97 Å². The summed E-state index contributed by atoms with van der Waals surface area (Å²) in [4.78, 5) is 30.9. The maximum Gasteiger partial charge on any atom is 0.339 e. The molecule has 1 N–H and O–H groups in total. The predicted molar refractivity (Wildman–Crippen MR) is 119 cm³/mol. The number of fused-ring (bicyclic) bond motifs is 1. The van der Waals surface area contributed by atoms with Crippen molar-refractivity contribution >= 4 is 34.1 Å². The summed E-state index contributed by atoms with van der Waals surface area (Å²) < 4.78 is 5.40. The van der Waals surface area contributed by atoms with Crippen molar-refractivity contribution in [2.45, 2.75) is 39.2 Å². The molecule has 1 amide bonds. The zero-order valence-electron chi connectivity index (χ0n) is 17.3. The van der Waals surface area contributed by atoms with E-state index >= 15 is 0 Å². The Labute approximate surface area is 180 Å². The van der Waals surface area contributed by atoms with Crippen LogP contribution in [0.1, 0.15) is 43.5 Å². The van der Waals surface area contributed by atoms with E-state index < -0.39 is 5.97 Å². The summed E-state index contributed by atoms with van der Waals surface area (Å²) in [6.07, 6.45) is 3.29.